The summed E-state index contributed by atoms with van der Waals surface area (Å²) in [6.07, 6.45) is 0. The first-order chi connectivity index (χ1) is 8.58. The number of esters is 2. The summed E-state index contributed by atoms with van der Waals surface area (Å²) in [7, 11) is 0. The summed E-state index contributed by atoms with van der Waals surface area (Å²) in [5.74, 6) is 0.129. The lowest BCUT2D eigenvalue weighted by Crippen LogP contribution is -2.03. The molecule has 0 aromatic heterocycles. The molecule has 2 rings (SSSR count). The fourth-order valence-corrected chi connectivity index (χ4v) is 1.74. The van der Waals surface area contributed by atoms with Crippen molar-refractivity contribution in [2.24, 2.45) is 0 Å². The molecule has 0 N–H and O–H groups in total. The average Bonchev–Trinajstić information content (AvgIpc) is 2.29. The molecule has 2 aromatic rings. The zero-order valence-corrected chi connectivity index (χ0v) is 10.1. The van der Waals surface area contributed by atoms with Crippen LogP contribution in [0.5, 0.6) is 11.5 Å². The fraction of sp³-hybridized carbons (Fsp3) is 0.143. The number of ether oxygens (including phenoxy) is 2. The van der Waals surface area contributed by atoms with Gasteiger partial charge in [-0.05, 0) is 12.1 Å². The van der Waals surface area contributed by atoms with Gasteiger partial charge in [-0.3, -0.25) is 9.59 Å². The molecule has 0 amide bonds. The SMILES string of the molecule is CC(=O)Oc1cccc2c(OC(C)=O)cccc12. The number of carbonyl (C=O) groups is 2. The van der Waals surface area contributed by atoms with Crippen molar-refractivity contribution in [2.75, 3.05) is 0 Å². The highest BCUT2D eigenvalue weighted by Crippen LogP contribution is 2.32. The van der Waals surface area contributed by atoms with Crippen LogP contribution in [0.3, 0.4) is 0 Å². The summed E-state index contributed by atoms with van der Waals surface area (Å²) in [6.45, 7) is 2.68. The summed E-state index contributed by atoms with van der Waals surface area (Å²) < 4.78 is 10.2. The lowest BCUT2D eigenvalue weighted by Gasteiger charge is -2.09. The van der Waals surface area contributed by atoms with Gasteiger partial charge < -0.3 is 9.47 Å². The summed E-state index contributed by atoms with van der Waals surface area (Å²) in [5, 5.41) is 1.46. The van der Waals surface area contributed by atoms with Gasteiger partial charge >= 0.3 is 11.9 Å². The van der Waals surface area contributed by atoms with Crippen LogP contribution in [0.1, 0.15) is 13.8 Å². The molecule has 0 aliphatic heterocycles. The Hall–Kier alpha value is -2.36. The van der Waals surface area contributed by atoms with Gasteiger partial charge in [-0.25, -0.2) is 0 Å². The van der Waals surface area contributed by atoms with Gasteiger partial charge in [0.2, 0.25) is 0 Å². The molecular weight excluding hydrogens is 232 g/mol. The molecule has 0 atom stereocenters. The van der Waals surface area contributed by atoms with Gasteiger partial charge in [0.1, 0.15) is 11.5 Å². The van der Waals surface area contributed by atoms with Crippen molar-refractivity contribution in [3.8, 4) is 11.5 Å². The first-order valence-corrected chi connectivity index (χ1v) is 5.46. The highest BCUT2D eigenvalue weighted by molar-refractivity contribution is 5.95. The highest BCUT2D eigenvalue weighted by Gasteiger charge is 2.09. The molecule has 0 unspecified atom stereocenters. The zero-order chi connectivity index (χ0) is 13.1. The number of fused-ring (bicyclic) bond motifs is 1. The summed E-state index contributed by atoms with van der Waals surface area (Å²) in [5.41, 5.74) is 0. The zero-order valence-electron chi connectivity index (χ0n) is 10.1. The Morgan fingerprint density at radius 2 is 1.17 bits per heavy atom. The Bertz CT molecular complexity index is 561. The van der Waals surface area contributed by atoms with E-state index in [1.807, 2.05) is 0 Å². The molecule has 4 heteroatoms. The minimum atomic E-state index is -0.389. The van der Waals surface area contributed by atoms with Crippen LogP contribution in [0.2, 0.25) is 0 Å². The van der Waals surface area contributed by atoms with E-state index in [9.17, 15) is 9.59 Å². The maximum absolute atomic E-state index is 11.0. The van der Waals surface area contributed by atoms with Crippen LogP contribution in [0.25, 0.3) is 10.8 Å². The normalized spacial score (nSPS) is 10.1. The van der Waals surface area contributed by atoms with E-state index >= 15 is 0 Å². The summed E-state index contributed by atoms with van der Waals surface area (Å²) in [4.78, 5) is 22.0. The Morgan fingerprint density at radius 1 is 0.778 bits per heavy atom. The molecule has 0 saturated heterocycles. The third-order valence-corrected chi connectivity index (χ3v) is 2.35. The van der Waals surface area contributed by atoms with Crippen LogP contribution < -0.4 is 9.47 Å². The maximum atomic E-state index is 11.0. The predicted molar refractivity (Wildman–Crippen MR) is 66.6 cm³/mol. The molecule has 0 heterocycles. The molecule has 0 spiro atoms. The van der Waals surface area contributed by atoms with Crippen LogP contribution in [-0.2, 0) is 9.59 Å². The minimum Gasteiger partial charge on any atom is -0.426 e. The van der Waals surface area contributed by atoms with Crippen molar-refractivity contribution >= 4 is 22.7 Å². The lowest BCUT2D eigenvalue weighted by molar-refractivity contribution is -0.132. The molecule has 4 nitrogen and oxygen atoms in total. The standard InChI is InChI=1S/C14H12O4/c1-9(15)17-13-7-3-6-12-11(13)5-4-8-14(12)18-10(2)16/h3-8H,1-2H3. The van der Waals surface area contributed by atoms with Gasteiger partial charge in [0.05, 0.1) is 0 Å². The number of carbonyl (C=O) groups excluding carboxylic acids is 2. The van der Waals surface area contributed by atoms with Gasteiger partial charge in [-0.15, -0.1) is 0 Å². The first-order valence-electron chi connectivity index (χ1n) is 5.46. The third kappa shape index (κ3) is 2.48. The van der Waals surface area contributed by atoms with Crippen molar-refractivity contribution < 1.29 is 19.1 Å². The van der Waals surface area contributed by atoms with Crippen molar-refractivity contribution in [3.05, 3.63) is 36.4 Å². The number of rotatable bonds is 2. The maximum Gasteiger partial charge on any atom is 0.308 e. The van der Waals surface area contributed by atoms with Crippen LogP contribution in [0.4, 0.5) is 0 Å². The van der Waals surface area contributed by atoms with Gasteiger partial charge in [-0.2, -0.15) is 0 Å². The number of benzene rings is 2. The van der Waals surface area contributed by atoms with E-state index in [0.29, 0.717) is 11.5 Å². The van der Waals surface area contributed by atoms with Crippen LogP contribution >= 0.6 is 0 Å². The predicted octanol–water partition coefficient (Wildman–Crippen LogP) is 2.69. The molecular formula is C14H12O4. The average molecular weight is 244 g/mol. The minimum absolute atomic E-state index is 0.389. The first kappa shape index (κ1) is 12.1. The molecule has 0 bridgehead atoms. The van der Waals surface area contributed by atoms with E-state index in [4.69, 9.17) is 9.47 Å². The topological polar surface area (TPSA) is 52.6 Å². The van der Waals surface area contributed by atoms with E-state index in [1.54, 1.807) is 36.4 Å². The second-order valence-corrected chi connectivity index (χ2v) is 3.79. The van der Waals surface area contributed by atoms with Crippen LogP contribution in [0.15, 0.2) is 36.4 Å². The molecule has 0 saturated carbocycles. The molecule has 18 heavy (non-hydrogen) atoms. The molecule has 0 aliphatic rings. The quantitative estimate of drug-likeness (QED) is 0.602. The van der Waals surface area contributed by atoms with E-state index in [2.05, 4.69) is 0 Å². The van der Waals surface area contributed by atoms with E-state index in [-0.39, 0.29) is 11.9 Å². The number of hydrogen-bond donors (Lipinski definition) is 0. The molecule has 2 aromatic carbocycles. The Labute approximate surface area is 104 Å². The van der Waals surface area contributed by atoms with Gasteiger partial charge in [0, 0.05) is 24.6 Å². The molecule has 0 aliphatic carbocycles. The smallest absolute Gasteiger partial charge is 0.308 e. The molecule has 0 radical (unpaired) electrons. The second-order valence-electron chi connectivity index (χ2n) is 3.79. The van der Waals surface area contributed by atoms with Gasteiger partial charge in [0.15, 0.2) is 0 Å². The lowest BCUT2D eigenvalue weighted by atomic mass is 10.1. The third-order valence-electron chi connectivity index (χ3n) is 2.35. The molecule has 92 valence electrons. The summed E-state index contributed by atoms with van der Waals surface area (Å²) in [6, 6.07) is 10.5. The van der Waals surface area contributed by atoms with Crippen molar-refractivity contribution in [3.63, 3.8) is 0 Å². The Kier molecular flexibility index (Phi) is 3.28. The van der Waals surface area contributed by atoms with E-state index in [1.165, 1.54) is 13.8 Å². The van der Waals surface area contributed by atoms with Gasteiger partial charge in [-0.1, -0.05) is 24.3 Å². The summed E-state index contributed by atoms with van der Waals surface area (Å²) >= 11 is 0. The fourth-order valence-electron chi connectivity index (χ4n) is 1.74. The van der Waals surface area contributed by atoms with Crippen molar-refractivity contribution in [1.29, 1.82) is 0 Å². The van der Waals surface area contributed by atoms with Crippen LogP contribution in [0, 0.1) is 0 Å². The Balaban J connectivity index is 2.57. The van der Waals surface area contributed by atoms with Gasteiger partial charge in [0.25, 0.3) is 0 Å². The highest BCUT2D eigenvalue weighted by atomic mass is 16.5. The second kappa shape index (κ2) is 4.87. The van der Waals surface area contributed by atoms with Crippen LogP contribution in [-0.4, -0.2) is 11.9 Å². The van der Waals surface area contributed by atoms with Crippen molar-refractivity contribution in [1.82, 2.24) is 0 Å². The van der Waals surface area contributed by atoms with E-state index in [0.717, 1.165) is 10.8 Å². The Morgan fingerprint density at radius 3 is 1.50 bits per heavy atom. The van der Waals surface area contributed by atoms with E-state index < -0.39 is 0 Å². The largest absolute Gasteiger partial charge is 0.426 e. The monoisotopic (exact) mass is 244 g/mol. The van der Waals surface area contributed by atoms with Crippen molar-refractivity contribution in [2.45, 2.75) is 13.8 Å². The molecule has 0 fully saturated rings. The number of hydrogen-bond acceptors (Lipinski definition) is 4.